The molecule has 0 spiro atoms. The van der Waals surface area contributed by atoms with E-state index in [0.717, 1.165) is 12.1 Å². The van der Waals surface area contributed by atoms with Gasteiger partial charge in [-0.2, -0.15) is 0 Å². The van der Waals surface area contributed by atoms with Gasteiger partial charge in [0.15, 0.2) is 0 Å². The van der Waals surface area contributed by atoms with E-state index in [1.807, 2.05) is 0 Å². The SMILES string of the molecule is COc1cccc(NC(=O)CCCNC(=O)c2ccc(F)cc2F)c1. The lowest BCUT2D eigenvalue weighted by atomic mass is 10.2. The molecule has 0 heterocycles. The van der Waals surface area contributed by atoms with Crippen LogP contribution in [0.5, 0.6) is 5.75 Å². The predicted molar refractivity (Wildman–Crippen MR) is 89.5 cm³/mol. The quantitative estimate of drug-likeness (QED) is 0.756. The molecule has 0 radical (unpaired) electrons. The summed E-state index contributed by atoms with van der Waals surface area (Å²) < 4.78 is 31.3. The number of amides is 2. The summed E-state index contributed by atoms with van der Waals surface area (Å²) in [6.07, 6.45) is 0.563. The summed E-state index contributed by atoms with van der Waals surface area (Å²) in [5, 5.41) is 5.21. The zero-order valence-corrected chi connectivity index (χ0v) is 13.6. The Morgan fingerprint density at radius 3 is 2.64 bits per heavy atom. The van der Waals surface area contributed by atoms with Crippen molar-refractivity contribution < 1.29 is 23.1 Å². The maximum atomic E-state index is 13.5. The van der Waals surface area contributed by atoms with Gasteiger partial charge in [0.25, 0.3) is 5.91 Å². The fraction of sp³-hybridized carbons (Fsp3) is 0.222. The van der Waals surface area contributed by atoms with E-state index in [-0.39, 0.29) is 24.4 Å². The molecule has 0 aliphatic heterocycles. The van der Waals surface area contributed by atoms with E-state index in [2.05, 4.69) is 10.6 Å². The molecular formula is C18H18F2N2O3. The van der Waals surface area contributed by atoms with E-state index in [0.29, 0.717) is 23.9 Å². The highest BCUT2D eigenvalue weighted by atomic mass is 19.1. The minimum absolute atomic E-state index is 0.184. The number of rotatable bonds is 7. The molecule has 2 aromatic rings. The van der Waals surface area contributed by atoms with Gasteiger partial charge >= 0.3 is 0 Å². The summed E-state index contributed by atoms with van der Waals surface area (Å²) in [5.74, 6) is -1.90. The van der Waals surface area contributed by atoms with E-state index in [1.54, 1.807) is 24.3 Å². The van der Waals surface area contributed by atoms with Crippen LogP contribution in [0.15, 0.2) is 42.5 Å². The van der Waals surface area contributed by atoms with Gasteiger partial charge in [-0.05, 0) is 30.7 Å². The summed E-state index contributed by atoms with van der Waals surface area (Å²) in [7, 11) is 1.54. The van der Waals surface area contributed by atoms with Crippen LogP contribution in [0.2, 0.25) is 0 Å². The first-order valence-corrected chi connectivity index (χ1v) is 7.67. The van der Waals surface area contributed by atoms with Crippen LogP contribution in [0, 0.1) is 11.6 Å². The molecule has 2 N–H and O–H groups in total. The number of carbonyl (C=O) groups excluding carboxylic acids is 2. The van der Waals surface area contributed by atoms with Crippen LogP contribution < -0.4 is 15.4 Å². The third kappa shape index (κ3) is 5.56. The average molecular weight is 348 g/mol. The second kappa shape index (κ2) is 8.77. The Hall–Kier alpha value is -2.96. The number of methoxy groups -OCH3 is 1. The molecule has 2 aromatic carbocycles. The first kappa shape index (κ1) is 18.4. The molecule has 0 fully saturated rings. The maximum absolute atomic E-state index is 13.5. The van der Waals surface area contributed by atoms with Crippen LogP contribution in [-0.4, -0.2) is 25.5 Å². The first-order chi connectivity index (χ1) is 12.0. The molecule has 2 amide bonds. The van der Waals surface area contributed by atoms with Crippen molar-refractivity contribution in [3.8, 4) is 5.75 Å². The van der Waals surface area contributed by atoms with Gasteiger partial charge < -0.3 is 15.4 Å². The molecule has 2 rings (SSSR count). The number of hydrogen-bond acceptors (Lipinski definition) is 3. The summed E-state index contributed by atoms with van der Waals surface area (Å²) in [5.41, 5.74) is 0.379. The standard InChI is InChI=1S/C18H18F2N2O3/c1-25-14-5-2-4-13(11-14)22-17(23)6-3-9-21-18(24)15-8-7-12(19)10-16(15)20/h2,4-5,7-8,10-11H,3,6,9H2,1H3,(H,21,24)(H,22,23). The Morgan fingerprint density at radius 2 is 1.92 bits per heavy atom. The van der Waals surface area contributed by atoms with Crippen molar-refractivity contribution in [2.75, 3.05) is 19.0 Å². The minimum Gasteiger partial charge on any atom is -0.497 e. The third-order valence-corrected chi connectivity index (χ3v) is 3.40. The first-order valence-electron chi connectivity index (χ1n) is 7.67. The van der Waals surface area contributed by atoms with Crippen molar-refractivity contribution in [2.24, 2.45) is 0 Å². The van der Waals surface area contributed by atoms with E-state index >= 15 is 0 Å². The lowest BCUT2D eigenvalue weighted by Crippen LogP contribution is -2.26. The number of halogens is 2. The number of anilines is 1. The van der Waals surface area contributed by atoms with Crippen molar-refractivity contribution in [3.05, 3.63) is 59.7 Å². The number of nitrogens with one attached hydrogen (secondary N) is 2. The molecule has 5 nitrogen and oxygen atoms in total. The lowest BCUT2D eigenvalue weighted by Gasteiger charge is -2.08. The Balaban J connectivity index is 1.74. The predicted octanol–water partition coefficient (Wildman–Crippen LogP) is 3.12. The monoisotopic (exact) mass is 348 g/mol. The van der Waals surface area contributed by atoms with Gasteiger partial charge in [0.1, 0.15) is 17.4 Å². The van der Waals surface area contributed by atoms with Crippen LogP contribution in [0.1, 0.15) is 23.2 Å². The molecule has 0 unspecified atom stereocenters. The number of ether oxygens (including phenoxy) is 1. The molecule has 0 atom stereocenters. The highest BCUT2D eigenvalue weighted by molar-refractivity contribution is 5.94. The van der Waals surface area contributed by atoms with Crippen LogP contribution >= 0.6 is 0 Å². The fourth-order valence-electron chi connectivity index (χ4n) is 2.14. The van der Waals surface area contributed by atoms with Gasteiger partial charge in [0.2, 0.25) is 5.91 Å². The normalized spacial score (nSPS) is 10.2. The molecule has 132 valence electrons. The smallest absolute Gasteiger partial charge is 0.254 e. The highest BCUT2D eigenvalue weighted by Crippen LogP contribution is 2.16. The summed E-state index contributed by atoms with van der Waals surface area (Å²) in [6, 6.07) is 9.69. The summed E-state index contributed by atoms with van der Waals surface area (Å²) in [6.45, 7) is 0.196. The second-order valence-electron chi connectivity index (χ2n) is 5.26. The molecule has 0 aliphatic rings. The zero-order chi connectivity index (χ0) is 18.2. The number of carbonyl (C=O) groups is 2. The van der Waals surface area contributed by atoms with Gasteiger partial charge in [-0.25, -0.2) is 8.78 Å². The minimum atomic E-state index is -0.923. The van der Waals surface area contributed by atoms with Gasteiger partial charge in [0.05, 0.1) is 12.7 Å². The topological polar surface area (TPSA) is 67.4 Å². The Kier molecular flexibility index (Phi) is 6.45. The van der Waals surface area contributed by atoms with Crippen molar-refractivity contribution in [1.82, 2.24) is 5.32 Å². The van der Waals surface area contributed by atoms with Gasteiger partial charge in [-0.3, -0.25) is 9.59 Å². The molecule has 0 saturated heterocycles. The van der Waals surface area contributed by atoms with E-state index in [9.17, 15) is 18.4 Å². The van der Waals surface area contributed by atoms with Crippen molar-refractivity contribution >= 4 is 17.5 Å². The third-order valence-electron chi connectivity index (χ3n) is 3.40. The van der Waals surface area contributed by atoms with Gasteiger partial charge in [-0.15, -0.1) is 0 Å². The molecule has 0 bridgehead atoms. The molecule has 0 saturated carbocycles. The Labute approximate surface area is 144 Å². The van der Waals surface area contributed by atoms with Gasteiger partial charge in [0, 0.05) is 30.8 Å². The molecule has 25 heavy (non-hydrogen) atoms. The second-order valence-corrected chi connectivity index (χ2v) is 5.26. The highest BCUT2D eigenvalue weighted by Gasteiger charge is 2.12. The van der Waals surface area contributed by atoms with Crippen LogP contribution in [0.4, 0.5) is 14.5 Å². The van der Waals surface area contributed by atoms with Crippen LogP contribution in [0.25, 0.3) is 0 Å². The largest absolute Gasteiger partial charge is 0.497 e. The molecule has 0 aromatic heterocycles. The molecule has 0 aliphatic carbocycles. The van der Waals surface area contributed by atoms with E-state index in [1.165, 1.54) is 7.11 Å². The Morgan fingerprint density at radius 1 is 1.12 bits per heavy atom. The van der Waals surface area contributed by atoms with Gasteiger partial charge in [-0.1, -0.05) is 6.07 Å². The summed E-state index contributed by atoms with van der Waals surface area (Å²) in [4.78, 5) is 23.6. The maximum Gasteiger partial charge on any atom is 0.254 e. The van der Waals surface area contributed by atoms with E-state index < -0.39 is 17.5 Å². The summed E-state index contributed by atoms with van der Waals surface area (Å²) >= 11 is 0. The molecular weight excluding hydrogens is 330 g/mol. The van der Waals surface area contributed by atoms with Crippen molar-refractivity contribution in [3.63, 3.8) is 0 Å². The lowest BCUT2D eigenvalue weighted by molar-refractivity contribution is -0.116. The van der Waals surface area contributed by atoms with Crippen LogP contribution in [0.3, 0.4) is 0 Å². The van der Waals surface area contributed by atoms with E-state index in [4.69, 9.17) is 4.74 Å². The number of benzene rings is 2. The van der Waals surface area contributed by atoms with Crippen molar-refractivity contribution in [2.45, 2.75) is 12.8 Å². The number of hydrogen-bond donors (Lipinski definition) is 2. The average Bonchev–Trinajstić information content (AvgIpc) is 2.58. The van der Waals surface area contributed by atoms with Crippen molar-refractivity contribution in [1.29, 1.82) is 0 Å². The fourth-order valence-corrected chi connectivity index (χ4v) is 2.14. The zero-order valence-electron chi connectivity index (χ0n) is 13.6. The van der Waals surface area contributed by atoms with Crippen LogP contribution in [-0.2, 0) is 4.79 Å². The molecule has 7 heteroatoms. The Bertz CT molecular complexity index is 766.